The van der Waals surface area contributed by atoms with Crippen LogP contribution in [0.4, 0.5) is 8.78 Å². The summed E-state index contributed by atoms with van der Waals surface area (Å²) in [4.78, 5) is 36.9. The van der Waals surface area contributed by atoms with Gasteiger partial charge in [0.1, 0.15) is 0 Å². The number of amides is 2. The smallest absolute Gasteiger partial charge is 0.274 e. The number of benzene rings is 3. The van der Waals surface area contributed by atoms with Crippen LogP contribution in [0.2, 0.25) is 0 Å². The second-order valence-electron chi connectivity index (χ2n) is 19.8. The van der Waals surface area contributed by atoms with Crippen LogP contribution in [-0.4, -0.2) is 146 Å². The van der Waals surface area contributed by atoms with E-state index in [4.69, 9.17) is 19.7 Å². The Hall–Kier alpha value is -4.78. The minimum absolute atomic E-state index is 0.0510. The molecule has 4 unspecified atom stereocenters. The van der Waals surface area contributed by atoms with Crippen molar-refractivity contribution >= 4 is 34.4 Å². The number of halogens is 2. The van der Waals surface area contributed by atoms with E-state index in [0.717, 1.165) is 92.6 Å². The molecule has 5 fully saturated rings. The van der Waals surface area contributed by atoms with Gasteiger partial charge in [0.05, 0.1) is 79.2 Å². The van der Waals surface area contributed by atoms with Crippen molar-refractivity contribution in [2.75, 3.05) is 85.3 Å². The summed E-state index contributed by atoms with van der Waals surface area (Å²) in [6, 6.07) is 24.2. The second kappa shape index (κ2) is 19.8. The summed E-state index contributed by atoms with van der Waals surface area (Å²) < 4.78 is 54.3. The lowest BCUT2D eigenvalue weighted by Crippen LogP contribution is -2.55. The van der Waals surface area contributed by atoms with E-state index >= 15 is 0 Å². The van der Waals surface area contributed by atoms with E-state index in [0.29, 0.717) is 82.0 Å². The van der Waals surface area contributed by atoms with Gasteiger partial charge in [-0.2, -0.15) is 10.2 Å². The van der Waals surface area contributed by atoms with Gasteiger partial charge < -0.3 is 24.2 Å². The summed E-state index contributed by atoms with van der Waals surface area (Å²) in [6.45, 7) is 10.2. The number of rotatable bonds is 9. The predicted molar refractivity (Wildman–Crippen MR) is 261 cm³/mol. The highest BCUT2D eigenvalue weighted by Crippen LogP contribution is 2.45. The van der Waals surface area contributed by atoms with Gasteiger partial charge in [-0.3, -0.25) is 23.4 Å². The number of morpholine rings is 2. The van der Waals surface area contributed by atoms with Gasteiger partial charge in [0, 0.05) is 83.6 Å². The third-order valence-electron chi connectivity index (χ3n) is 14.9. The molecular weight excluding hydrogens is 919 g/mol. The second-order valence-corrected chi connectivity index (χ2v) is 22.2. The van der Waals surface area contributed by atoms with E-state index in [1.54, 1.807) is 16.7 Å². The van der Waals surface area contributed by atoms with Crippen molar-refractivity contribution in [3.8, 4) is 28.2 Å². The third-order valence-corrected chi connectivity index (χ3v) is 17.4. The number of hydrogen-bond donors (Lipinski definition) is 0. The first-order chi connectivity index (χ1) is 33.6. The normalized spacial score (nSPS) is 24.1. The maximum atomic E-state index is 13.5. The lowest BCUT2D eigenvalue weighted by molar-refractivity contribution is -0.133. The van der Waals surface area contributed by atoms with Crippen LogP contribution in [-0.2, 0) is 38.3 Å². The molecule has 12 rings (SSSR count). The van der Waals surface area contributed by atoms with Crippen LogP contribution < -0.4 is 0 Å². The fourth-order valence-electron chi connectivity index (χ4n) is 11.3. The molecule has 1 aliphatic carbocycles. The molecule has 1 saturated carbocycles. The number of likely N-dealkylation sites (tertiary alicyclic amines) is 2. The average Bonchev–Trinajstić information content (AvgIpc) is 4.19. The zero-order valence-corrected chi connectivity index (χ0v) is 40.8. The monoisotopic (exact) mass is 978 g/mol. The van der Waals surface area contributed by atoms with Crippen molar-refractivity contribution in [1.29, 1.82) is 0 Å². The van der Waals surface area contributed by atoms with E-state index in [9.17, 15) is 22.6 Å². The fraction of sp³-hybridized carbons (Fsp3) is 0.500. The largest absolute Gasteiger partial charge is 0.378 e. The molecule has 0 radical (unpaired) electrons. The van der Waals surface area contributed by atoms with E-state index in [1.807, 2.05) is 75.1 Å². The molecule has 2 amide bonds. The Morgan fingerprint density at radius 3 is 2.12 bits per heavy atom. The van der Waals surface area contributed by atoms with Gasteiger partial charge in [-0.25, -0.2) is 13.5 Å². The molecule has 7 aliphatic rings. The van der Waals surface area contributed by atoms with Crippen LogP contribution in [0.5, 0.6) is 0 Å². The number of thioether (sulfide) groups is 1. The number of ether oxygens (including phenoxy) is 2. The van der Waals surface area contributed by atoms with E-state index < -0.39 is 16.7 Å². The zero-order chi connectivity index (χ0) is 47.2. The molecule has 4 saturated heterocycles. The van der Waals surface area contributed by atoms with Crippen LogP contribution in [0.25, 0.3) is 28.2 Å². The van der Waals surface area contributed by atoms with Gasteiger partial charge in [0.2, 0.25) is 0 Å². The van der Waals surface area contributed by atoms with Gasteiger partial charge in [0.25, 0.3) is 17.7 Å². The zero-order valence-electron chi connectivity index (χ0n) is 39.2. The molecule has 364 valence electrons. The number of nitrogens with zero attached hydrogens (tertiary/aromatic N) is 8. The molecule has 0 spiro atoms. The van der Waals surface area contributed by atoms with Crippen molar-refractivity contribution in [2.45, 2.75) is 78.8 Å². The maximum absolute atomic E-state index is 13.5. The molecule has 13 nitrogen and oxygen atoms in total. The van der Waals surface area contributed by atoms with Gasteiger partial charge in [0.15, 0.2) is 11.4 Å². The highest BCUT2D eigenvalue weighted by molar-refractivity contribution is 7.98. The van der Waals surface area contributed by atoms with E-state index in [1.165, 1.54) is 25.7 Å². The molecule has 17 heteroatoms. The van der Waals surface area contributed by atoms with Crippen molar-refractivity contribution in [3.63, 3.8) is 0 Å². The lowest BCUT2D eigenvalue weighted by Gasteiger charge is -2.38. The number of fused-ring (bicyclic) bond motifs is 6. The highest BCUT2D eigenvalue weighted by atomic mass is 32.2. The molecule has 6 aliphatic heterocycles. The SMILES string of the molecule is CC1CCC(CCN2CCC(n3nc(C(=O)N4CCOCC4)c4c3-c3ccccc3S(=O)C4)C2)C1.O=C(c1nn(-c2ccc(CN3CC(F)(F)C3)cc2)c2c1CSc1ccccc1-2)N1CCOCC1. The first-order valence-electron chi connectivity index (χ1n) is 24.7. The Balaban J connectivity index is 0.000000151. The lowest BCUT2D eigenvalue weighted by atomic mass is 10.0. The number of carbonyl (C=O) groups excluding carboxylic acids is 2. The fourth-order valence-corrected chi connectivity index (χ4v) is 13.7. The number of hydrogen-bond acceptors (Lipinski definition) is 10. The van der Waals surface area contributed by atoms with Crippen molar-refractivity contribution in [1.82, 2.24) is 39.2 Å². The van der Waals surface area contributed by atoms with Gasteiger partial charge in [-0.1, -0.05) is 68.3 Å². The molecule has 0 bridgehead atoms. The molecule has 2 aromatic heterocycles. The van der Waals surface area contributed by atoms with E-state index in [2.05, 4.69) is 28.6 Å². The van der Waals surface area contributed by atoms with Crippen molar-refractivity contribution < 1.29 is 32.1 Å². The molecule has 0 N–H and O–H groups in total. The summed E-state index contributed by atoms with van der Waals surface area (Å²) in [5, 5.41) is 9.82. The minimum atomic E-state index is -2.57. The summed E-state index contributed by atoms with van der Waals surface area (Å²) in [5.41, 5.74) is 8.60. The summed E-state index contributed by atoms with van der Waals surface area (Å²) in [6.07, 6.45) is 6.47. The van der Waals surface area contributed by atoms with Gasteiger partial charge in [-0.05, 0) is 67.5 Å². The molecule has 69 heavy (non-hydrogen) atoms. The average molecular weight is 979 g/mol. The molecular formula is C52H60F2N8O5S2. The molecule has 3 aromatic carbocycles. The number of aromatic nitrogens is 4. The van der Waals surface area contributed by atoms with Gasteiger partial charge in [-0.15, -0.1) is 11.8 Å². The Morgan fingerprint density at radius 2 is 1.43 bits per heavy atom. The highest BCUT2D eigenvalue weighted by Gasteiger charge is 2.43. The van der Waals surface area contributed by atoms with Crippen molar-refractivity contribution in [3.05, 3.63) is 101 Å². The Labute approximate surface area is 408 Å². The van der Waals surface area contributed by atoms with E-state index in [-0.39, 0.29) is 30.9 Å². The molecule has 8 heterocycles. The first kappa shape index (κ1) is 46.6. The maximum Gasteiger partial charge on any atom is 0.274 e. The van der Waals surface area contributed by atoms with Crippen LogP contribution in [0.15, 0.2) is 82.6 Å². The Bertz CT molecular complexity index is 2730. The van der Waals surface area contributed by atoms with Crippen LogP contribution in [0.1, 0.15) is 82.7 Å². The summed E-state index contributed by atoms with van der Waals surface area (Å²) in [7, 11) is -1.17. The molecule has 4 atom stereocenters. The summed E-state index contributed by atoms with van der Waals surface area (Å²) >= 11 is 1.72. The van der Waals surface area contributed by atoms with Crippen LogP contribution >= 0.6 is 11.8 Å². The quantitative estimate of drug-likeness (QED) is 0.145. The van der Waals surface area contributed by atoms with Crippen LogP contribution in [0, 0.1) is 11.8 Å². The number of carbonyl (C=O) groups is 2. The minimum Gasteiger partial charge on any atom is -0.378 e. The van der Waals surface area contributed by atoms with Crippen LogP contribution in [0.3, 0.4) is 0 Å². The number of alkyl halides is 2. The standard InChI is InChI=1S/C27H36N4O3S.C25H24F2N4O2S/c1-19-6-7-20(16-19)8-10-29-11-9-21(17-29)31-26-22-4-2-3-5-24(22)35(33)18-23(26)25(28-31)27(32)30-12-14-34-15-13-30;26-25(27)15-29(16-25)13-17-5-7-18(8-6-17)31-23-19-3-1-2-4-21(19)34-14-20(23)22(28-31)24(32)30-9-11-33-12-10-30/h2-5,19-21H,6-18H2,1H3;1-8H,9-16H2. The topological polar surface area (TPSA) is 118 Å². The Kier molecular flexibility index (Phi) is 13.4. The Morgan fingerprint density at radius 1 is 0.768 bits per heavy atom. The first-order valence-corrected chi connectivity index (χ1v) is 27.0. The summed E-state index contributed by atoms with van der Waals surface area (Å²) in [5.74, 6) is 0.116. The molecule has 5 aromatic rings. The van der Waals surface area contributed by atoms with Crippen molar-refractivity contribution in [2.24, 2.45) is 11.8 Å². The van der Waals surface area contributed by atoms with Gasteiger partial charge >= 0.3 is 0 Å². The third kappa shape index (κ3) is 9.59. The predicted octanol–water partition coefficient (Wildman–Crippen LogP) is 7.79.